The molecule has 5 heteroatoms. The number of nitrogens with zero attached hydrogens (tertiary/aromatic N) is 2. The third kappa shape index (κ3) is 5.87. The normalized spacial score (nSPS) is 15.4. The molecule has 0 bridgehead atoms. The van der Waals surface area contributed by atoms with E-state index in [1.165, 1.54) is 37.9 Å². The first-order chi connectivity index (χ1) is 12.3. The second-order valence-corrected chi connectivity index (χ2v) is 6.83. The lowest BCUT2D eigenvalue weighted by molar-refractivity contribution is 0.220. The Morgan fingerprint density at radius 3 is 2.88 bits per heavy atom. The van der Waals surface area contributed by atoms with Crippen LogP contribution >= 0.6 is 0 Å². The maximum Gasteiger partial charge on any atom is 0.119 e. The van der Waals surface area contributed by atoms with E-state index in [9.17, 15) is 0 Å². The first-order valence-electron chi connectivity index (χ1n) is 9.50. The third-order valence-corrected chi connectivity index (χ3v) is 4.67. The van der Waals surface area contributed by atoms with Crippen molar-refractivity contribution in [1.29, 1.82) is 0 Å². The fourth-order valence-electron chi connectivity index (χ4n) is 3.35. The molecule has 2 heterocycles. The minimum atomic E-state index is 0.651. The number of benzene rings is 1. The van der Waals surface area contributed by atoms with Gasteiger partial charge in [0.1, 0.15) is 11.6 Å². The topological polar surface area (TPSA) is 67.2 Å². The van der Waals surface area contributed by atoms with Crippen LogP contribution in [0.4, 0.5) is 0 Å². The Morgan fingerprint density at radius 1 is 1.16 bits per heavy atom. The van der Waals surface area contributed by atoms with Crippen molar-refractivity contribution in [3.8, 4) is 5.75 Å². The molecule has 0 spiro atoms. The second kappa shape index (κ2) is 9.59. The summed E-state index contributed by atoms with van der Waals surface area (Å²) < 4.78 is 5.93. The van der Waals surface area contributed by atoms with Crippen molar-refractivity contribution in [2.24, 2.45) is 5.73 Å². The van der Waals surface area contributed by atoms with Gasteiger partial charge in [0.05, 0.1) is 6.61 Å². The first kappa shape index (κ1) is 18.0. The van der Waals surface area contributed by atoms with Crippen molar-refractivity contribution in [3.05, 3.63) is 47.5 Å². The van der Waals surface area contributed by atoms with Gasteiger partial charge in [0.25, 0.3) is 0 Å². The molecule has 3 rings (SSSR count). The predicted molar refractivity (Wildman–Crippen MR) is 101 cm³/mol. The Labute approximate surface area is 150 Å². The number of hydrogen-bond acceptors (Lipinski definition) is 4. The highest BCUT2D eigenvalue weighted by Gasteiger charge is 2.10. The molecular formula is C20H30N4O. The molecule has 0 aliphatic carbocycles. The van der Waals surface area contributed by atoms with Crippen molar-refractivity contribution < 1.29 is 4.74 Å². The van der Waals surface area contributed by atoms with Crippen molar-refractivity contribution >= 4 is 0 Å². The van der Waals surface area contributed by atoms with Gasteiger partial charge in [-0.15, -0.1) is 0 Å². The van der Waals surface area contributed by atoms with Gasteiger partial charge in [0.2, 0.25) is 0 Å². The van der Waals surface area contributed by atoms with Crippen molar-refractivity contribution in [2.75, 3.05) is 26.2 Å². The molecule has 136 valence electrons. The number of nitrogens with one attached hydrogen (secondary N) is 1. The molecule has 1 aliphatic rings. The van der Waals surface area contributed by atoms with Crippen molar-refractivity contribution in [2.45, 2.75) is 45.1 Å². The fraction of sp³-hybridized carbons (Fsp3) is 0.550. The van der Waals surface area contributed by atoms with Crippen molar-refractivity contribution in [3.63, 3.8) is 0 Å². The highest BCUT2D eigenvalue weighted by atomic mass is 16.5. The third-order valence-electron chi connectivity index (χ3n) is 4.67. The zero-order chi connectivity index (χ0) is 17.3. The van der Waals surface area contributed by atoms with Crippen LogP contribution in [0.25, 0.3) is 0 Å². The highest BCUT2D eigenvalue weighted by Crippen LogP contribution is 2.18. The number of piperidine rings is 1. The van der Waals surface area contributed by atoms with E-state index in [0.29, 0.717) is 13.2 Å². The smallest absolute Gasteiger partial charge is 0.119 e. The molecule has 1 aliphatic heterocycles. The van der Waals surface area contributed by atoms with Gasteiger partial charge < -0.3 is 15.5 Å². The average molecular weight is 342 g/mol. The van der Waals surface area contributed by atoms with E-state index in [0.717, 1.165) is 43.1 Å². The summed E-state index contributed by atoms with van der Waals surface area (Å²) in [4.78, 5) is 10.2. The second-order valence-electron chi connectivity index (χ2n) is 6.83. The zero-order valence-corrected chi connectivity index (χ0v) is 15.0. The van der Waals surface area contributed by atoms with Crippen LogP contribution in [0.5, 0.6) is 5.75 Å². The lowest BCUT2D eigenvalue weighted by atomic mass is 10.1. The molecule has 0 amide bonds. The Kier molecular flexibility index (Phi) is 6.89. The van der Waals surface area contributed by atoms with Gasteiger partial charge >= 0.3 is 0 Å². The highest BCUT2D eigenvalue weighted by molar-refractivity contribution is 5.28. The Morgan fingerprint density at radius 2 is 2.04 bits per heavy atom. The predicted octanol–water partition coefficient (Wildman–Crippen LogP) is 2.91. The molecule has 0 unspecified atom stereocenters. The van der Waals surface area contributed by atoms with Crippen molar-refractivity contribution in [1.82, 2.24) is 14.9 Å². The van der Waals surface area contributed by atoms with Crippen LogP contribution in [0.3, 0.4) is 0 Å². The number of hydrogen-bond donors (Lipinski definition) is 2. The monoisotopic (exact) mass is 342 g/mol. The number of likely N-dealkylation sites (tertiary alicyclic amines) is 1. The summed E-state index contributed by atoms with van der Waals surface area (Å²) in [6, 6.07) is 8.52. The standard InChI is InChI=1S/C20H30N4O/c21-10-9-18-15-22-20(23-18)8-5-13-25-19-7-4-6-17(14-19)16-24-11-2-1-3-12-24/h4,6-7,14-15H,1-3,5,8-13,16,21H2,(H,22,23). The number of aromatic amines is 1. The molecule has 0 saturated carbocycles. The maximum absolute atomic E-state index is 5.93. The number of rotatable bonds is 9. The van der Waals surface area contributed by atoms with E-state index >= 15 is 0 Å². The fourth-order valence-corrected chi connectivity index (χ4v) is 3.35. The van der Waals surface area contributed by atoms with E-state index in [2.05, 4.69) is 33.1 Å². The molecule has 2 aromatic rings. The van der Waals surface area contributed by atoms with E-state index in [4.69, 9.17) is 10.5 Å². The number of nitrogens with two attached hydrogens (primary N) is 1. The van der Waals surface area contributed by atoms with Crippen LogP contribution in [-0.4, -0.2) is 41.1 Å². The molecule has 5 nitrogen and oxygen atoms in total. The lowest BCUT2D eigenvalue weighted by Crippen LogP contribution is -2.29. The van der Waals surface area contributed by atoms with E-state index in [1.807, 2.05) is 12.3 Å². The summed E-state index contributed by atoms with van der Waals surface area (Å²) in [5, 5.41) is 0. The lowest BCUT2D eigenvalue weighted by Gasteiger charge is -2.26. The minimum Gasteiger partial charge on any atom is -0.494 e. The molecule has 25 heavy (non-hydrogen) atoms. The quantitative estimate of drug-likeness (QED) is 0.688. The molecular weight excluding hydrogens is 312 g/mol. The minimum absolute atomic E-state index is 0.651. The van der Waals surface area contributed by atoms with Crippen LogP contribution in [-0.2, 0) is 19.4 Å². The molecule has 1 aromatic carbocycles. The van der Waals surface area contributed by atoms with Gasteiger partial charge in [-0.3, -0.25) is 4.90 Å². The van der Waals surface area contributed by atoms with Gasteiger partial charge in [-0.25, -0.2) is 4.98 Å². The molecule has 1 fully saturated rings. The van der Waals surface area contributed by atoms with Gasteiger partial charge in [0.15, 0.2) is 0 Å². The molecule has 0 radical (unpaired) electrons. The zero-order valence-electron chi connectivity index (χ0n) is 15.0. The molecule has 0 atom stereocenters. The summed E-state index contributed by atoms with van der Waals surface area (Å²) in [7, 11) is 0. The van der Waals surface area contributed by atoms with Gasteiger partial charge in [-0.05, 0) is 56.6 Å². The summed E-state index contributed by atoms with van der Waals surface area (Å²) in [5.74, 6) is 1.99. The summed E-state index contributed by atoms with van der Waals surface area (Å²) in [6.07, 6.45) is 8.62. The number of imidazole rings is 1. The van der Waals surface area contributed by atoms with E-state index < -0.39 is 0 Å². The molecule has 1 saturated heterocycles. The summed E-state index contributed by atoms with van der Waals surface area (Å²) >= 11 is 0. The molecule has 1 aromatic heterocycles. The Hall–Kier alpha value is -1.85. The van der Waals surface area contributed by atoms with E-state index in [1.54, 1.807) is 0 Å². The first-order valence-corrected chi connectivity index (χ1v) is 9.50. The summed E-state index contributed by atoms with van der Waals surface area (Å²) in [6.45, 7) is 4.84. The van der Waals surface area contributed by atoms with Crippen LogP contribution in [0.2, 0.25) is 0 Å². The number of aryl methyl sites for hydroxylation is 1. The van der Waals surface area contributed by atoms with Gasteiger partial charge in [0, 0.05) is 31.3 Å². The Balaban J connectivity index is 1.40. The average Bonchev–Trinajstić information content (AvgIpc) is 3.08. The number of ether oxygens (including phenoxy) is 1. The number of aromatic nitrogens is 2. The van der Waals surface area contributed by atoms with Crippen LogP contribution in [0.15, 0.2) is 30.5 Å². The number of H-pyrrole nitrogens is 1. The SMILES string of the molecule is NCCc1cnc(CCCOc2cccc(CN3CCCCC3)c2)[nH]1. The Bertz CT molecular complexity index is 634. The van der Waals surface area contributed by atoms with Gasteiger partial charge in [-0.1, -0.05) is 18.6 Å². The molecule has 3 N–H and O–H groups in total. The van der Waals surface area contributed by atoms with Crippen LogP contribution in [0.1, 0.15) is 42.8 Å². The van der Waals surface area contributed by atoms with Gasteiger partial charge in [-0.2, -0.15) is 0 Å². The summed E-state index contributed by atoms with van der Waals surface area (Å²) in [5.41, 5.74) is 8.02. The maximum atomic E-state index is 5.93. The van der Waals surface area contributed by atoms with E-state index in [-0.39, 0.29) is 0 Å². The van der Waals surface area contributed by atoms with Crippen LogP contribution in [0, 0.1) is 0 Å². The largest absolute Gasteiger partial charge is 0.494 e. The van der Waals surface area contributed by atoms with Crippen LogP contribution < -0.4 is 10.5 Å².